The first-order chi connectivity index (χ1) is 9.85. The van der Waals surface area contributed by atoms with Crippen LogP contribution in [0, 0.1) is 0 Å². The van der Waals surface area contributed by atoms with E-state index in [1.54, 1.807) is 19.5 Å². The Morgan fingerprint density at radius 3 is 2.86 bits per heavy atom. The fraction of sp³-hybridized carbons (Fsp3) is 0.538. The third kappa shape index (κ3) is 4.61. The molecule has 7 nitrogen and oxygen atoms in total. The van der Waals surface area contributed by atoms with E-state index in [1.807, 2.05) is 5.38 Å². The minimum absolute atomic E-state index is 0.0470. The van der Waals surface area contributed by atoms with Crippen LogP contribution in [0.5, 0.6) is 11.5 Å². The lowest BCUT2D eigenvalue weighted by atomic mass is 10.3. The molecule has 0 fully saturated rings. The average Bonchev–Trinajstić information content (AvgIpc) is 2.82. The molecule has 1 N–H and O–H groups in total. The first kappa shape index (κ1) is 15.6. The normalized spacial score (nSPS) is 17.3. The highest BCUT2D eigenvalue weighted by Gasteiger charge is 2.26. The van der Waals surface area contributed by atoms with Gasteiger partial charge in [0.15, 0.2) is 24.7 Å². The molecule has 0 aromatic carbocycles. The van der Waals surface area contributed by atoms with Crippen molar-refractivity contribution in [3.63, 3.8) is 0 Å². The molecule has 1 atom stereocenters. The van der Waals surface area contributed by atoms with Crippen molar-refractivity contribution in [2.24, 2.45) is 0 Å². The molecule has 1 aliphatic heterocycles. The van der Waals surface area contributed by atoms with Gasteiger partial charge in [0.1, 0.15) is 0 Å². The Balaban J connectivity index is 1.77. The first-order valence-electron chi connectivity index (χ1n) is 6.45. The van der Waals surface area contributed by atoms with Crippen molar-refractivity contribution in [2.45, 2.75) is 12.7 Å². The zero-order chi connectivity index (χ0) is 15.5. The summed E-state index contributed by atoms with van der Waals surface area (Å²) in [4.78, 5) is 22.5. The Labute approximate surface area is 126 Å². The van der Waals surface area contributed by atoms with E-state index >= 15 is 0 Å². The molecule has 8 heteroatoms. The van der Waals surface area contributed by atoms with E-state index in [1.165, 1.54) is 11.3 Å². The molecule has 1 unspecified atom stereocenters. The van der Waals surface area contributed by atoms with Gasteiger partial charge in [0.2, 0.25) is 0 Å². The van der Waals surface area contributed by atoms with Crippen LogP contribution in [-0.2, 0) is 14.3 Å². The zero-order valence-electron chi connectivity index (χ0n) is 11.9. The molecule has 0 saturated carbocycles. The maximum atomic E-state index is 11.8. The predicted octanol–water partition coefficient (Wildman–Crippen LogP) is 0.940. The summed E-state index contributed by atoms with van der Waals surface area (Å²) in [5.41, 5.74) is 0. The second-order valence-corrected chi connectivity index (χ2v) is 6.15. The van der Waals surface area contributed by atoms with E-state index < -0.39 is 18.2 Å². The summed E-state index contributed by atoms with van der Waals surface area (Å²) in [6.45, 7) is 0.486. The number of carboxylic acid groups (broad SMARTS) is 1. The lowest BCUT2D eigenvalue weighted by Gasteiger charge is -2.28. The van der Waals surface area contributed by atoms with Crippen molar-refractivity contribution >= 4 is 23.3 Å². The Kier molecular flexibility index (Phi) is 4.69. The lowest BCUT2D eigenvalue weighted by Crippen LogP contribution is -2.45. The molecule has 21 heavy (non-hydrogen) atoms. The molecule has 1 aromatic heterocycles. The summed E-state index contributed by atoms with van der Waals surface area (Å²) in [5, 5.41) is 12.4. The summed E-state index contributed by atoms with van der Waals surface area (Å²) >= 11 is 1.45. The number of quaternary nitrogens is 1. The number of likely N-dealkylation sites (N-methyl/N-ethyl adjacent to an activating group) is 1. The summed E-state index contributed by atoms with van der Waals surface area (Å²) in [5.74, 6) is -0.0983. The molecule has 0 aliphatic carbocycles. The number of carboxylic acids is 1. The molecule has 1 aromatic rings. The van der Waals surface area contributed by atoms with Gasteiger partial charge in [-0.05, 0) is 0 Å². The zero-order valence-corrected chi connectivity index (χ0v) is 12.7. The van der Waals surface area contributed by atoms with E-state index in [0.29, 0.717) is 18.0 Å². The number of nitrogens with zero attached hydrogens (tertiary/aromatic N) is 1. The van der Waals surface area contributed by atoms with E-state index in [2.05, 4.69) is 0 Å². The van der Waals surface area contributed by atoms with Crippen LogP contribution >= 0.6 is 11.3 Å². The highest BCUT2D eigenvalue weighted by molar-refractivity contribution is 7.08. The topological polar surface area (TPSA) is 82.1 Å². The van der Waals surface area contributed by atoms with Crippen LogP contribution in [0.2, 0.25) is 0 Å². The van der Waals surface area contributed by atoms with Crippen LogP contribution < -0.4 is 9.47 Å². The smallest absolute Gasteiger partial charge is 0.359 e. The summed E-state index contributed by atoms with van der Waals surface area (Å²) in [6, 6.07) is 0. The number of fused-ring (bicyclic) bond motifs is 1. The van der Waals surface area contributed by atoms with Gasteiger partial charge in [0, 0.05) is 10.8 Å². The number of thiophene rings is 1. The SMILES string of the molecule is C[N+](C)(CCC(=O)OC1COc2cscc2O1)CC(=O)O. The molecule has 2 rings (SSSR count). The first-order valence-corrected chi connectivity index (χ1v) is 7.39. The molecule has 1 aliphatic rings. The third-order valence-electron chi connectivity index (χ3n) is 2.97. The van der Waals surface area contributed by atoms with Gasteiger partial charge >= 0.3 is 11.9 Å². The maximum absolute atomic E-state index is 11.8. The van der Waals surface area contributed by atoms with Crippen molar-refractivity contribution in [2.75, 3.05) is 33.8 Å². The van der Waals surface area contributed by atoms with Gasteiger partial charge in [-0.1, -0.05) is 0 Å². The monoisotopic (exact) mass is 316 g/mol. The quantitative estimate of drug-likeness (QED) is 0.621. The van der Waals surface area contributed by atoms with Gasteiger partial charge < -0.3 is 23.8 Å². The number of aliphatic carboxylic acids is 1. The Hall–Kier alpha value is -1.80. The third-order valence-corrected chi connectivity index (χ3v) is 3.67. The molecule has 0 bridgehead atoms. The van der Waals surface area contributed by atoms with Gasteiger partial charge in [0.05, 0.1) is 27.1 Å². The summed E-state index contributed by atoms with van der Waals surface area (Å²) in [6.07, 6.45) is -0.633. The molecular weight excluding hydrogens is 298 g/mol. The van der Waals surface area contributed by atoms with E-state index in [0.717, 1.165) is 0 Å². The molecule has 0 spiro atoms. The molecule has 0 saturated heterocycles. The second-order valence-electron chi connectivity index (χ2n) is 5.41. The molecular formula is C13H18NO6S+. The van der Waals surface area contributed by atoms with Crippen molar-refractivity contribution in [3.8, 4) is 11.5 Å². The van der Waals surface area contributed by atoms with Crippen LogP contribution in [-0.4, -0.2) is 61.6 Å². The van der Waals surface area contributed by atoms with Crippen molar-refractivity contribution in [3.05, 3.63) is 10.8 Å². The van der Waals surface area contributed by atoms with Crippen molar-refractivity contribution in [1.29, 1.82) is 0 Å². The standard InChI is InChI=1S/C13H17NO6S/c1-14(2,5-11(15)16)4-3-12(17)20-13-6-18-9-7-21-8-10(9)19-13/h7-8,13H,3-6H2,1-2H3/p+1. The lowest BCUT2D eigenvalue weighted by molar-refractivity contribution is -0.882. The van der Waals surface area contributed by atoms with Crippen molar-refractivity contribution < 1.29 is 33.4 Å². The predicted molar refractivity (Wildman–Crippen MR) is 74.4 cm³/mol. The van der Waals surface area contributed by atoms with Gasteiger partial charge in [-0.3, -0.25) is 4.79 Å². The largest absolute Gasteiger partial charge is 0.481 e. The van der Waals surface area contributed by atoms with E-state index in [4.69, 9.17) is 19.3 Å². The number of carbonyl (C=O) groups is 2. The molecule has 0 amide bonds. The van der Waals surface area contributed by atoms with E-state index in [9.17, 15) is 9.59 Å². The summed E-state index contributed by atoms with van der Waals surface area (Å²) < 4.78 is 16.3. The second kappa shape index (κ2) is 6.31. The van der Waals surface area contributed by atoms with Gasteiger partial charge in [-0.15, -0.1) is 11.3 Å². The van der Waals surface area contributed by atoms with Gasteiger partial charge in [-0.25, -0.2) is 4.79 Å². The molecule has 116 valence electrons. The average molecular weight is 316 g/mol. The number of hydrogen-bond acceptors (Lipinski definition) is 6. The fourth-order valence-corrected chi connectivity index (χ4v) is 2.57. The highest BCUT2D eigenvalue weighted by Crippen LogP contribution is 2.35. The fourth-order valence-electron chi connectivity index (χ4n) is 1.90. The van der Waals surface area contributed by atoms with Crippen LogP contribution in [0.15, 0.2) is 10.8 Å². The van der Waals surface area contributed by atoms with Crippen LogP contribution in [0.4, 0.5) is 0 Å². The number of esters is 1. The number of rotatable bonds is 6. The number of carbonyl (C=O) groups excluding carboxylic acids is 1. The Bertz CT molecular complexity index is 526. The molecule has 2 heterocycles. The Morgan fingerprint density at radius 1 is 1.43 bits per heavy atom. The maximum Gasteiger partial charge on any atom is 0.359 e. The number of hydrogen-bond donors (Lipinski definition) is 1. The van der Waals surface area contributed by atoms with E-state index in [-0.39, 0.29) is 24.1 Å². The molecule has 0 radical (unpaired) electrons. The van der Waals surface area contributed by atoms with Crippen molar-refractivity contribution in [1.82, 2.24) is 0 Å². The minimum atomic E-state index is -0.901. The van der Waals surface area contributed by atoms with Crippen LogP contribution in [0.25, 0.3) is 0 Å². The Morgan fingerprint density at radius 2 is 2.14 bits per heavy atom. The minimum Gasteiger partial charge on any atom is -0.481 e. The summed E-state index contributed by atoms with van der Waals surface area (Å²) in [7, 11) is 3.50. The van der Waals surface area contributed by atoms with Crippen LogP contribution in [0.3, 0.4) is 0 Å². The van der Waals surface area contributed by atoms with Crippen LogP contribution in [0.1, 0.15) is 6.42 Å². The van der Waals surface area contributed by atoms with Gasteiger partial charge in [-0.2, -0.15) is 0 Å². The number of ether oxygens (including phenoxy) is 3. The van der Waals surface area contributed by atoms with Gasteiger partial charge in [0.25, 0.3) is 6.29 Å². The highest BCUT2D eigenvalue weighted by atomic mass is 32.1.